The molecule has 0 saturated heterocycles. The SMILES string of the molecule is COc1ccc(C(=O)Cn2c(=O)n(-c3ccc(Cl)c(Cl)c3)c(=O)c3ccccc32)cc1OC. The smallest absolute Gasteiger partial charge is 0.336 e. The molecule has 0 bridgehead atoms. The van der Waals surface area contributed by atoms with Gasteiger partial charge in [0.2, 0.25) is 0 Å². The molecule has 1 aromatic heterocycles. The third-order valence-electron chi connectivity index (χ3n) is 5.22. The average molecular weight is 485 g/mol. The third-order valence-corrected chi connectivity index (χ3v) is 5.96. The maximum atomic E-state index is 13.4. The van der Waals surface area contributed by atoms with Gasteiger partial charge in [0, 0.05) is 5.56 Å². The lowest BCUT2D eigenvalue weighted by atomic mass is 10.1. The molecule has 33 heavy (non-hydrogen) atoms. The van der Waals surface area contributed by atoms with Crippen molar-refractivity contribution in [2.24, 2.45) is 0 Å². The molecule has 0 saturated carbocycles. The van der Waals surface area contributed by atoms with Crippen LogP contribution < -0.4 is 20.7 Å². The van der Waals surface area contributed by atoms with Gasteiger partial charge in [-0.15, -0.1) is 0 Å². The molecular weight excluding hydrogens is 467 g/mol. The highest BCUT2D eigenvalue weighted by molar-refractivity contribution is 6.42. The van der Waals surface area contributed by atoms with Crippen molar-refractivity contribution in [3.8, 4) is 17.2 Å². The highest BCUT2D eigenvalue weighted by Crippen LogP contribution is 2.28. The lowest BCUT2D eigenvalue weighted by Crippen LogP contribution is -2.40. The molecule has 168 valence electrons. The van der Waals surface area contributed by atoms with E-state index in [4.69, 9.17) is 32.7 Å². The van der Waals surface area contributed by atoms with Crippen LogP contribution in [0, 0.1) is 0 Å². The number of aromatic nitrogens is 2. The van der Waals surface area contributed by atoms with Crippen LogP contribution in [0.25, 0.3) is 16.6 Å². The Kier molecular flexibility index (Phi) is 6.26. The van der Waals surface area contributed by atoms with Crippen LogP contribution in [-0.4, -0.2) is 29.1 Å². The zero-order valence-electron chi connectivity index (χ0n) is 17.7. The molecule has 9 heteroatoms. The number of ketones is 1. The number of hydrogen-bond donors (Lipinski definition) is 0. The second-order valence-electron chi connectivity index (χ2n) is 7.12. The van der Waals surface area contributed by atoms with E-state index in [1.807, 2.05) is 0 Å². The van der Waals surface area contributed by atoms with Crippen LogP contribution in [-0.2, 0) is 6.54 Å². The van der Waals surface area contributed by atoms with E-state index in [1.54, 1.807) is 42.5 Å². The predicted octanol–water partition coefficient (Wildman–Crippen LogP) is 4.36. The molecule has 0 aliphatic rings. The Labute approximate surface area is 198 Å². The zero-order chi connectivity index (χ0) is 23.7. The molecule has 0 fully saturated rings. The van der Waals surface area contributed by atoms with Crippen LogP contribution in [0.5, 0.6) is 11.5 Å². The quantitative estimate of drug-likeness (QED) is 0.380. The van der Waals surface area contributed by atoms with Gasteiger partial charge < -0.3 is 9.47 Å². The summed E-state index contributed by atoms with van der Waals surface area (Å²) in [5.41, 5.74) is -0.277. The van der Waals surface area contributed by atoms with E-state index in [9.17, 15) is 14.4 Å². The first kappa shape index (κ1) is 22.6. The van der Waals surface area contributed by atoms with Crippen LogP contribution in [0.4, 0.5) is 0 Å². The average Bonchev–Trinajstić information content (AvgIpc) is 2.83. The molecule has 4 rings (SSSR count). The van der Waals surface area contributed by atoms with Crippen molar-refractivity contribution in [3.05, 3.63) is 97.1 Å². The van der Waals surface area contributed by atoms with Crippen LogP contribution in [0.1, 0.15) is 10.4 Å². The summed E-state index contributed by atoms with van der Waals surface area (Å²) in [6.07, 6.45) is 0. The highest BCUT2D eigenvalue weighted by atomic mass is 35.5. The standard InChI is InChI=1S/C24H18Cl2N2O5/c1-32-21-10-7-14(11-22(21)33-2)20(29)13-27-19-6-4-3-5-16(19)23(30)28(24(27)31)15-8-9-17(25)18(26)12-15/h3-12H,13H2,1-2H3. The number of ether oxygens (including phenoxy) is 2. The van der Waals surface area contributed by atoms with Crippen LogP contribution in [0.3, 0.4) is 0 Å². The van der Waals surface area contributed by atoms with Gasteiger partial charge in [-0.2, -0.15) is 0 Å². The summed E-state index contributed by atoms with van der Waals surface area (Å²) >= 11 is 12.1. The van der Waals surface area contributed by atoms with Crippen molar-refractivity contribution in [1.29, 1.82) is 0 Å². The van der Waals surface area contributed by atoms with Crippen LogP contribution >= 0.6 is 23.2 Å². The van der Waals surface area contributed by atoms with Gasteiger partial charge in [0.25, 0.3) is 5.56 Å². The summed E-state index contributed by atoms with van der Waals surface area (Å²) in [5, 5.41) is 0.767. The molecular formula is C24H18Cl2N2O5. The Balaban J connectivity index is 1.89. The molecule has 0 aliphatic carbocycles. The Morgan fingerprint density at radius 1 is 0.879 bits per heavy atom. The van der Waals surface area contributed by atoms with E-state index in [1.165, 1.54) is 37.0 Å². The summed E-state index contributed by atoms with van der Waals surface area (Å²) < 4.78 is 12.7. The molecule has 0 unspecified atom stereocenters. The largest absolute Gasteiger partial charge is 0.493 e. The molecule has 0 amide bonds. The fourth-order valence-corrected chi connectivity index (χ4v) is 3.86. The van der Waals surface area contributed by atoms with E-state index >= 15 is 0 Å². The molecule has 7 nitrogen and oxygen atoms in total. The molecule has 0 radical (unpaired) electrons. The van der Waals surface area contributed by atoms with Gasteiger partial charge in [-0.05, 0) is 48.5 Å². The fraction of sp³-hybridized carbons (Fsp3) is 0.125. The number of methoxy groups -OCH3 is 2. The van der Waals surface area contributed by atoms with Crippen molar-refractivity contribution in [2.45, 2.75) is 6.54 Å². The van der Waals surface area contributed by atoms with Crippen molar-refractivity contribution >= 4 is 39.9 Å². The van der Waals surface area contributed by atoms with Crippen molar-refractivity contribution in [1.82, 2.24) is 9.13 Å². The minimum absolute atomic E-state index is 0.196. The molecule has 0 spiro atoms. The van der Waals surface area contributed by atoms with Gasteiger partial charge >= 0.3 is 5.69 Å². The third kappa shape index (κ3) is 4.13. The van der Waals surface area contributed by atoms with Gasteiger partial charge in [0.05, 0.1) is 47.4 Å². The minimum atomic E-state index is -0.675. The number of benzene rings is 3. The maximum Gasteiger partial charge on any atom is 0.336 e. The summed E-state index contributed by atoms with van der Waals surface area (Å²) in [6.45, 7) is -0.295. The summed E-state index contributed by atoms with van der Waals surface area (Å²) in [6, 6.07) is 15.8. The van der Waals surface area contributed by atoms with Gasteiger partial charge in [0.15, 0.2) is 17.3 Å². The normalized spacial score (nSPS) is 10.9. The first-order valence-corrected chi connectivity index (χ1v) is 10.6. The van der Waals surface area contributed by atoms with Crippen molar-refractivity contribution in [2.75, 3.05) is 14.2 Å². The van der Waals surface area contributed by atoms with E-state index in [2.05, 4.69) is 0 Å². The molecule has 1 heterocycles. The number of halogens is 2. The number of para-hydroxylation sites is 1. The van der Waals surface area contributed by atoms with Crippen molar-refractivity contribution < 1.29 is 14.3 Å². The number of nitrogens with zero attached hydrogens (tertiary/aromatic N) is 2. The van der Waals surface area contributed by atoms with Gasteiger partial charge in [-0.3, -0.25) is 14.2 Å². The lowest BCUT2D eigenvalue weighted by molar-refractivity contribution is 0.0971. The first-order chi connectivity index (χ1) is 15.8. The number of hydrogen-bond acceptors (Lipinski definition) is 5. The summed E-state index contributed by atoms with van der Waals surface area (Å²) in [4.78, 5) is 39.7. The van der Waals surface area contributed by atoms with Crippen LogP contribution in [0.2, 0.25) is 10.0 Å². The van der Waals surface area contributed by atoms with E-state index in [0.717, 1.165) is 4.57 Å². The summed E-state index contributed by atoms with van der Waals surface area (Å²) in [5.74, 6) is 0.522. The number of carbonyl (C=O) groups is 1. The Hall–Kier alpha value is -3.55. The number of fused-ring (bicyclic) bond motifs is 1. The zero-order valence-corrected chi connectivity index (χ0v) is 19.2. The van der Waals surface area contributed by atoms with Crippen molar-refractivity contribution in [3.63, 3.8) is 0 Å². The molecule has 0 N–H and O–H groups in total. The maximum absolute atomic E-state index is 13.4. The topological polar surface area (TPSA) is 79.5 Å². The monoisotopic (exact) mass is 484 g/mol. The number of Topliss-reactive ketones (excluding diaryl/α,β-unsaturated/α-hetero) is 1. The fourth-order valence-electron chi connectivity index (χ4n) is 3.57. The second-order valence-corrected chi connectivity index (χ2v) is 7.93. The van der Waals surface area contributed by atoms with Gasteiger partial charge in [0.1, 0.15) is 0 Å². The minimum Gasteiger partial charge on any atom is -0.493 e. The second kappa shape index (κ2) is 9.13. The Morgan fingerprint density at radius 3 is 2.30 bits per heavy atom. The van der Waals surface area contributed by atoms with Gasteiger partial charge in [-0.1, -0.05) is 35.3 Å². The Bertz CT molecular complexity index is 1510. The summed E-state index contributed by atoms with van der Waals surface area (Å²) in [7, 11) is 2.97. The molecule has 0 atom stereocenters. The highest BCUT2D eigenvalue weighted by Gasteiger charge is 2.18. The van der Waals surface area contributed by atoms with Gasteiger partial charge in [-0.25, -0.2) is 9.36 Å². The first-order valence-electron chi connectivity index (χ1n) is 9.81. The Morgan fingerprint density at radius 2 is 1.61 bits per heavy atom. The molecule has 0 aliphatic heterocycles. The number of carbonyl (C=O) groups excluding carboxylic acids is 1. The van der Waals surface area contributed by atoms with Crippen LogP contribution in [0.15, 0.2) is 70.3 Å². The molecule has 4 aromatic rings. The predicted molar refractivity (Wildman–Crippen MR) is 128 cm³/mol. The van der Waals surface area contributed by atoms with E-state index in [0.29, 0.717) is 27.6 Å². The lowest BCUT2D eigenvalue weighted by Gasteiger charge is -2.15. The van der Waals surface area contributed by atoms with E-state index in [-0.39, 0.29) is 28.4 Å². The van der Waals surface area contributed by atoms with E-state index < -0.39 is 11.2 Å². The number of rotatable bonds is 6. The molecule has 3 aromatic carbocycles.